The van der Waals surface area contributed by atoms with Gasteiger partial charge in [0.2, 0.25) is 0 Å². The van der Waals surface area contributed by atoms with Crippen LogP contribution in [0.15, 0.2) is 158 Å². The molecule has 316 valence electrons. The third kappa shape index (κ3) is 9.82. The molecule has 0 N–H and O–H groups in total. The van der Waals surface area contributed by atoms with E-state index in [0.29, 0.717) is 26.4 Å². The van der Waals surface area contributed by atoms with E-state index in [1.54, 1.807) is 0 Å². The van der Waals surface area contributed by atoms with Crippen LogP contribution in [0.1, 0.15) is 92.5 Å². The minimum atomic E-state index is -1.66. The predicted molar refractivity (Wildman–Crippen MR) is 248 cm³/mol. The number of hydrogen-bond acceptors (Lipinski definition) is 6. The van der Waals surface area contributed by atoms with Gasteiger partial charge in [0, 0.05) is 21.8 Å². The molecule has 0 amide bonds. The van der Waals surface area contributed by atoms with Crippen molar-refractivity contribution >= 4 is 17.2 Å². The summed E-state index contributed by atoms with van der Waals surface area (Å²) in [4.78, 5) is 0. The molecule has 0 aromatic heterocycles. The summed E-state index contributed by atoms with van der Waals surface area (Å²) >= 11 is 0. The Kier molecular flexibility index (Phi) is 13.1. The average Bonchev–Trinajstić information content (AvgIpc) is 3.29. The second-order valence-corrected chi connectivity index (χ2v) is 20.4. The van der Waals surface area contributed by atoms with Gasteiger partial charge in [-0.25, -0.2) is 0 Å². The standard InChI is InChI=1S/C53H58O6P2/c1-50(2,42-24-13-8-14-25-42)45-30-32-48(41(34-45)23-19-22-40-20-11-7-12-21-40)58-60-54-36-53(37-55-60)38-56-61(57-39-53)59-49-33-31-46(51(3,4)43-26-15-9-16-27-43)35-47(49)52(5,6)44-28-17-10-18-29-44/h7-18,20-21,24-35H,19,22-23,36-39H2,1-6H3. The molecule has 0 aliphatic carbocycles. The molecule has 6 aromatic rings. The van der Waals surface area contributed by atoms with Crippen LogP contribution in [-0.2, 0) is 47.2 Å². The molecule has 0 radical (unpaired) electrons. The Morgan fingerprint density at radius 1 is 0.443 bits per heavy atom. The van der Waals surface area contributed by atoms with Crippen molar-refractivity contribution in [2.24, 2.45) is 5.41 Å². The van der Waals surface area contributed by atoms with Gasteiger partial charge in [0.25, 0.3) is 0 Å². The van der Waals surface area contributed by atoms with Crippen molar-refractivity contribution in [2.75, 3.05) is 26.4 Å². The van der Waals surface area contributed by atoms with E-state index < -0.39 is 22.6 Å². The van der Waals surface area contributed by atoms with Crippen LogP contribution in [0, 0.1) is 5.41 Å². The second-order valence-electron chi connectivity index (χ2n) is 18.1. The van der Waals surface area contributed by atoms with E-state index in [1.165, 1.54) is 33.4 Å². The molecule has 2 saturated heterocycles. The van der Waals surface area contributed by atoms with Crippen molar-refractivity contribution in [3.8, 4) is 11.5 Å². The highest BCUT2D eigenvalue weighted by Gasteiger charge is 2.45. The van der Waals surface area contributed by atoms with Gasteiger partial charge >= 0.3 is 17.2 Å². The molecule has 2 fully saturated rings. The molecular formula is C53H58O6P2. The third-order valence-corrected chi connectivity index (χ3v) is 14.7. The number of aryl methyl sites for hydroxylation is 2. The van der Waals surface area contributed by atoms with E-state index in [9.17, 15) is 0 Å². The maximum Gasteiger partial charge on any atom is 0.397 e. The minimum absolute atomic E-state index is 0.171. The molecule has 0 unspecified atom stereocenters. The van der Waals surface area contributed by atoms with E-state index in [1.807, 2.05) is 0 Å². The fourth-order valence-corrected chi connectivity index (χ4v) is 10.8. The Balaban J connectivity index is 0.935. The van der Waals surface area contributed by atoms with Crippen molar-refractivity contribution in [1.29, 1.82) is 0 Å². The van der Waals surface area contributed by atoms with Crippen LogP contribution in [0.25, 0.3) is 0 Å². The normalized spacial score (nSPS) is 19.7. The molecule has 6 nitrogen and oxygen atoms in total. The van der Waals surface area contributed by atoms with Crippen LogP contribution in [0.4, 0.5) is 0 Å². The van der Waals surface area contributed by atoms with Gasteiger partial charge in [0.1, 0.15) is 11.5 Å². The first-order valence-corrected chi connectivity index (χ1v) is 23.6. The molecule has 8 rings (SSSR count). The molecule has 2 aliphatic heterocycles. The number of benzene rings is 6. The van der Waals surface area contributed by atoms with Crippen LogP contribution in [0.3, 0.4) is 0 Å². The Morgan fingerprint density at radius 2 is 0.852 bits per heavy atom. The van der Waals surface area contributed by atoms with Crippen molar-refractivity contribution in [2.45, 2.75) is 77.0 Å². The zero-order chi connectivity index (χ0) is 42.5. The molecule has 61 heavy (non-hydrogen) atoms. The van der Waals surface area contributed by atoms with Crippen molar-refractivity contribution in [1.82, 2.24) is 0 Å². The molecule has 0 atom stereocenters. The first-order chi connectivity index (χ1) is 29.4. The van der Waals surface area contributed by atoms with Gasteiger partial charge in [-0.2, -0.15) is 0 Å². The lowest BCUT2D eigenvalue weighted by molar-refractivity contribution is -0.0673. The highest BCUT2D eigenvalue weighted by atomic mass is 31.2. The van der Waals surface area contributed by atoms with Gasteiger partial charge in [-0.3, -0.25) is 0 Å². The number of hydrogen-bond donors (Lipinski definition) is 0. The molecular weight excluding hydrogens is 795 g/mol. The largest absolute Gasteiger partial charge is 0.426 e. The summed E-state index contributed by atoms with van der Waals surface area (Å²) in [5, 5.41) is 0. The lowest BCUT2D eigenvalue weighted by atomic mass is 9.73. The smallest absolute Gasteiger partial charge is 0.397 e. The van der Waals surface area contributed by atoms with Gasteiger partial charge in [-0.1, -0.05) is 187 Å². The average molecular weight is 853 g/mol. The maximum atomic E-state index is 6.66. The fourth-order valence-electron chi connectivity index (χ4n) is 8.27. The molecule has 2 heterocycles. The van der Waals surface area contributed by atoms with Gasteiger partial charge in [-0.05, 0) is 70.3 Å². The zero-order valence-corrected chi connectivity index (χ0v) is 38.1. The first kappa shape index (κ1) is 43.3. The lowest BCUT2D eigenvalue weighted by Gasteiger charge is -2.41. The van der Waals surface area contributed by atoms with E-state index in [0.717, 1.165) is 41.9 Å². The minimum Gasteiger partial charge on any atom is -0.426 e. The summed E-state index contributed by atoms with van der Waals surface area (Å²) in [7, 11) is -3.27. The van der Waals surface area contributed by atoms with E-state index in [2.05, 4.69) is 199 Å². The molecule has 2 aliphatic rings. The Bertz CT molecular complexity index is 2330. The molecule has 0 saturated carbocycles. The van der Waals surface area contributed by atoms with Crippen LogP contribution in [0.5, 0.6) is 11.5 Å². The highest BCUT2D eigenvalue weighted by Crippen LogP contribution is 2.55. The number of rotatable bonds is 14. The highest BCUT2D eigenvalue weighted by molar-refractivity contribution is 7.42. The second kappa shape index (κ2) is 18.5. The molecule has 1 spiro atoms. The first-order valence-electron chi connectivity index (χ1n) is 21.4. The maximum absolute atomic E-state index is 6.66. The van der Waals surface area contributed by atoms with Crippen molar-refractivity contribution in [3.63, 3.8) is 0 Å². The third-order valence-electron chi connectivity index (χ3n) is 12.6. The van der Waals surface area contributed by atoms with Crippen molar-refractivity contribution < 1.29 is 27.1 Å². The lowest BCUT2D eigenvalue weighted by Crippen LogP contribution is -2.45. The van der Waals surface area contributed by atoms with Gasteiger partial charge in [-0.15, -0.1) is 0 Å². The van der Waals surface area contributed by atoms with Gasteiger partial charge in [0.15, 0.2) is 0 Å². The SMILES string of the molecule is CC(C)(c1ccccc1)c1ccc(OP2OCC3(CO2)COP(Oc2ccc(C(C)(C)c4ccccc4)cc2C(C)(C)c2ccccc2)OC3)c(CCCc2ccccc2)c1. The zero-order valence-electron chi connectivity index (χ0n) is 36.3. The topological polar surface area (TPSA) is 55.4 Å². The van der Waals surface area contributed by atoms with Gasteiger partial charge in [0.05, 0.1) is 31.8 Å². The van der Waals surface area contributed by atoms with Crippen LogP contribution in [-0.4, -0.2) is 26.4 Å². The van der Waals surface area contributed by atoms with E-state index in [4.69, 9.17) is 27.1 Å². The van der Waals surface area contributed by atoms with Crippen LogP contribution in [0.2, 0.25) is 0 Å². The quantitative estimate of drug-likeness (QED) is 0.102. The van der Waals surface area contributed by atoms with Crippen LogP contribution < -0.4 is 9.05 Å². The van der Waals surface area contributed by atoms with Gasteiger partial charge < -0.3 is 27.1 Å². The summed E-state index contributed by atoms with van der Waals surface area (Å²) < 4.78 is 38.7. The monoisotopic (exact) mass is 852 g/mol. The summed E-state index contributed by atoms with van der Waals surface area (Å²) in [5.74, 6) is 1.57. The van der Waals surface area contributed by atoms with E-state index in [-0.39, 0.29) is 16.2 Å². The summed E-state index contributed by atoms with van der Waals surface area (Å²) in [6, 6.07) is 55.7. The summed E-state index contributed by atoms with van der Waals surface area (Å²) in [6.45, 7) is 15.2. The molecule has 6 aromatic carbocycles. The summed E-state index contributed by atoms with van der Waals surface area (Å²) in [6.07, 6.45) is 2.87. The predicted octanol–water partition coefficient (Wildman–Crippen LogP) is 13.8. The van der Waals surface area contributed by atoms with E-state index >= 15 is 0 Å². The van der Waals surface area contributed by atoms with Crippen molar-refractivity contribution in [3.05, 3.63) is 202 Å². The Hall–Kier alpha value is -4.38. The Morgan fingerprint density at radius 3 is 1.34 bits per heavy atom. The summed E-state index contributed by atoms with van der Waals surface area (Å²) in [5.41, 5.74) is 8.57. The fraction of sp³-hybridized carbons (Fsp3) is 0.321. The molecule has 0 bridgehead atoms. The molecule has 8 heteroatoms. The van der Waals surface area contributed by atoms with Crippen LogP contribution >= 0.6 is 17.2 Å². The Labute approximate surface area is 365 Å².